The van der Waals surface area contributed by atoms with Crippen molar-refractivity contribution in [1.82, 2.24) is 0 Å². The fourth-order valence-corrected chi connectivity index (χ4v) is 3.46. The van der Waals surface area contributed by atoms with Gasteiger partial charge >= 0.3 is 0 Å². The maximum Gasteiger partial charge on any atom is 0.163 e. The molecule has 1 heteroatoms. The predicted octanol–water partition coefficient (Wildman–Crippen LogP) is 5.27. The van der Waals surface area contributed by atoms with Crippen molar-refractivity contribution in [3.8, 4) is 11.1 Å². The second kappa shape index (κ2) is 5.85. The summed E-state index contributed by atoms with van der Waals surface area (Å²) in [5, 5.41) is 0. The van der Waals surface area contributed by atoms with Gasteiger partial charge in [-0.3, -0.25) is 4.79 Å². The monoisotopic (exact) mass is 298 g/mol. The molecule has 0 unspecified atom stereocenters. The smallest absolute Gasteiger partial charge is 0.163 e. The number of carbonyl (C=O) groups excluding carboxylic acids is 1. The van der Waals surface area contributed by atoms with Crippen LogP contribution in [0.3, 0.4) is 0 Å². The Bertz CT molecular complexity index is 834. The third kappa shape index (κ3) is 2.70. The summed E-state index contributed by atoms with van der Waals surface area (Å²) in [6.45, 7) is 0. The van der Waals surface area contributed by atoms with Gasteiger partial charge in [0.25, 0.3) is 0 Å². The zero-order chi connectivity index (χ0) is 15.6. The van der Waals surface area contributed by atoms with Gasteiger partial charge in [-0.15, -0.1) is 0 Å². The van der Waals surface area contributed by atoms with Crippen molar-refractivity contribution in [2.45, 2.75) is 18.8 Å². The molecule has 0 amide bonds. The molecule has 1 aliphatic rings. The van der Waals surface area contributed by atoms with Crippen LogP contribution in [0.2, 0.25) is 0 Å². The molecule has 1 atom stereocenters. The molecule has 3 aromatic carbocycles. The number of carbonyl (C=O) groups is 1. The highest BCUT2D eigenvalue weighted by Crippen LogP contribution is 2.34. The van der Waals surface area contributed by atoms with Gasteiger partial charge in [-0.25, -0.2) is 0 Å². The number of rotatable bonds is 2. The molecule has 0 aliphatic heterocycles. The zero-order valence-corrected chi connectivity index (χ0v) is 12.9. The molecule has 0 bridgehead atoms. The highest BCUT2D eigenvalue weighted by atomic mass is 16.1. The molecule has 23 heavy (non-hydrogen) atoms. The minimum atomic E-state index is 0.262. The second-order valence-electron chi connectivity index (χ2n) is 6.18. The van der Waals surface area contributed by atoms with Gasteiger partial charge in [0.15, 0.2) is 5.78 Å². The van der Waals surface area contributed by atoms with Gasteiger partial charge in [0, 0.05) is 12.0 Å². The number of benzene rings is 3. The highest BCUT2D eigenvalue weighted by Gasteiger charge is 2.26. The second-order valence-corrected chi connectivity index (χ2v) is 6.18. The van der Waals surface area contributed by atoms with E-state index in [4.69, 9.17) is 0 Å². The van der Waals surface area contributed by atoms with Gasteiger partial charge in [-0.1, -0.05) is 72.8 Å². The molecule has 0 heterocycles. The van der Waals surface area contributed by atoms with Crippen LogP contribution in [-0.4, -0.2) is 5.78 Å². The Hall–Kier alpha value is -2.67. The largest absolute Gasteiger partial charge is 0.294 e. The summed E-state index contributed by atoms with van der Waals surface area (Å²) in [5.74, 6) is 0.566. The lowest BCUT2D eigenvalue weighted by molar-refractivity contribution is 0.0964. The van der Waals surface area contributed by atoms with Gasteiger partial charge in [0.1, 0.15) is 0 Å². The molecule has 0 aromatic heterocycles. The van der Waals surface area contributed by atoms with E-state index in [-0.39, 0.29) is 5.78 Å². The molecule has 3 aromatic rings. The summed E-state index contributed by atoms with van der Waals surface area (Å²) in [4.78, 5) is 12.7. The summed E-state index contributed by atoms with van der Waals surface area (Å²) < 4.78 is 0. The van der Waals surface area contributed by atoms with E-state index in [1.54, 1.807) is 0 Å². The molecule has 1 aliphatic carbocycles. The lowest BCUT2D eigenvalue weighted by Gasteiger charge is -2.24. The van der Waals surface area contributed by atoms with E-state index in [0.29, 0.717) is 12.3 Å². The molecule has 0 saturated carbocycles. The summed E-state index contributed by atoms with van der Waals surface area (Å²) in [7, 11) is 0. The number of fused-ring (bicyclic) bond motifs is 1. The Balaban J connectivity index is 1.69. The maximum atomic E-state index is 12.7. The average Bonchev–Trinajstić information content (AvgIpc) is 2.63. The van der Waals surface area contributed by atoms with Gasteiger partial charge < -0.3 is 0 Å². The van der Waals surface area contributed by atoms with Crippen LogP contribution in [0, 0.1) is 0 Å². The van der Waals surface area contributed by atoms with Crippen molar-refractivity contribution in [2.75, 3.05) is 0 Å². The van der Waals surface area contributed by atoms with Crippen LogP contribution in [0.4, 0.5) is 0 Å². The first-order valence-electron chi connectivity index (χ1n) is 8.08. The number of Topliss-reactive ketones (excluding diaryl/α,β-unsaturated/α-hetero) is 1. The van der Waals surface area contributed by atoms with Crippen molar-refractivity contribution < 1.29 is 4.79 Å². The average molecular weight is 298 g/mol. The van der Waals surface area contributed by atoms with Crippen LogP contribution in [-0.2, 0) is 6.42 Å². The van der Waals surface area contributed by atoms with Crippen molar-refractivity contribution in [2.24, 2.45) is 0 Å². The number of hydrogen-bond acceptors (Lipinski definition) is 1. The normalized spacial score (nSPS) is 16.9. The van der Waals surface area contributed by atoms with Crippen molar-refractivity contribution in [1.29, 1.82) is 0 Å². The number of ketones is 1. The molecule has 112 valence electrons. The van der Waals surface area contributed by atoms with E-state index in [2.05, 4.69) is 42.5 Å². The van der Waals surface area contributed by atoms with Crippen LogP contribution in [0.1, 0.15) is 33.8 Å². The van der Waals surface area contributed by atoms with E-state index in [0.717, 1.165) is 23.1 Å². The Morgan fingerprint density at radius 3 is 2.13 bits per heavy atom. The first-order valence-corrected chi connectivity index (χ1v) is 8.08. The van der Waals surface area contributed by atoms with E-state index in [1.807, 2.05) is 36.4 Å². The Morgan fingerprint density at radius 1 is 0.696 bits per heavy atom. The topological polar surface area (TPSA) is 17.1 Å². The summed E-state index contributed by atoms with van der Waals surface area (Å²) in [6, 6.07) is 26.9. The minimum absolute atomic E-state index is 0.262. The summed E-state index contributed by atoms with van der Waals surface area (Å²) in [6.07, 6.45) is 1.55. The first kappa shape index (κ1) is 14.0. The highest BCUT2D eigenvalue weighted by molar-refractivity contribution is 6.00. The summed E-state index contributed by atoms with van der Waals surface area (Å²) >= 11 is 0. The predicted molar refractivity (Wildman–Crippen MR) is 93.7 cm³/mol. The van der Waals surface area contributed by atoms with Crippen molar-refractivity contribution in [3.05, 3.63) is 95.6 Å². The van der Waals surface area contributed by atoms with Crippen LogP contribution >= 0.6 is 0 Å². The summed E-state index contributed by atoms with van der Waals surface area (Å²) in [5.41, 5.74) is 5.62. The van der Waals surface area contributed by atoms with Crippen molar-refractivity contribution in [3.63, 3.8) is 0 Å². The third-order valence-corrected chi connectivity index (χ3v) is 4.69. The molecule has 4 rings (SSSR count). The fourth-order valence-electron chi connectivity index (χ4n) is 3.46. The van der Waals surface area contributed by atoms with Crippen LogP contribution in [0.5, 0.6) is 0 Å². The Morgan fingerprint density at radius 2 is 1.39 bits per heavy atom. The minimum Gasteiger partial charge on any atom is -0.294 e. The molecule has 1 nitrogen and oxygen atoms in total. The quantitative estimate of drug-likeness (QED) is 0.630. The van der Waals surface area contributed by atoms with E-state index in [9.17, 15) is 4.79 Å². The Kier molecular flexibility index (Phi) is 3.55. The van der Waals surface area contributed by atoms with E-state index >= 15 is 0 Å². The maximum absolute atomic E-state index is 12.7. The van der Waals surface area contributed by atoms with Gasteiger partial charge in [0.05, 0.1) is 0 Å². The van der Waals surface area contributed by atoms with E-state index < -0.39 is 0 Å². The zero-order valence-electron chi connectivity index (χ0n) is 12.9. The molecule has 0 N–H and O–H groups in total. The molecule has 0 spiro atoms. The fraction of sp³-hybridized carbons (Fsp3) is 0.136. The third-order valence-electron chi connectivity index (χ3n) is 4.69. The van der Waals surface area contributed by atoms with E-state index in [1.165, 1.54) is 11.1 Å². The standard InChI is InChI=1S/C22H18O/c23-22-15-20(17-9-5-2-6-10-17)13-19-12-11-18(14-21(19)22)16-7-3-1-4-8-16/h1-12,14,20H,13,15H2/t20-/m1/s1. The molecule has 0 fully saturated rings. The Labute approximate surface area is 136 Å². The van der Waals surface area contributed by atoms with Crippen LogP contribution < -0.4 is 0 Å². The molecular weight excluding hydrogens is 280 g/mol. The SMILES string of the molecule is O=C1C[C@H](c2ccccc2)Cc2ccc(-c3ccccc3)cc21. The van der Waals surface area contributed by atoms with Gasteiger partial charge in [-0.05, 0) is 40.7 Å². The molecule has 0 saturated heterocycles. The van der Waals surface area contributed by atoms with Gasteiger partial charge in [0.2, 0.25) is 0 Å². The van der Waals surface area contributed by atoms with Crippen LogP contribution in [0.25, 0.3) is 11.1 Å². The van der Waals surface area contributed by atoms with Crippen molar-refractivity contribution >= 4 is 5.78 Å². The van der Waals surface area contributed by atoms with Crippen LogP contribution in [0.15, 0.2) is 78.9 Å². The first-order chi connectivity index (χ1) is 11.3. The molecular formula is C22H18O. The van der Waals surface area contributed by atoms with Gasteiger partial charge in [-0.2, -0.15) is 0 Å². The molecule has 0 radical (unpaired) electrons. The lowest BCUT2D eigenvalue weighted by atomic mass is 9.78. The number of hydrogen-bond donors (Lipinski definition) is 0. The lowest BCUT2D eigenvalue weighted by Crippen LogP contribution is -2.18.